The van der Waals surface area contributed by atoms with Crippen LogP contribution in [0.4, 0.5) is 11.4 Å². The van der Waals surface area contributed by atoms with Crippen molar-refractivity contribution in [2.45, 2.75) is 12.8 Å². The number of para-hydroxylation sites is 1. The van der Waals surface area contributed by atoms with E-state index in [1.807, 2.05) is 48.5 Å². The van der Waals surface area contributed by atoms with Gasteiger partial charge in [-0.25, -0.2) is 0 Å². The number of hydrogen-bond acceptors (Lipinski definition) is 4. The Hall–Kier alpha value is -3.26. The quantitative estimate of drug-likeness (QED) is 0.687. The van der Waals surface area contributed by atoms with E-state index < -0.39 is 0 Å². The Morgan fingerprint density at radius 1 is 1.28 bits per heavy atom. The third-order valence-electron chi connectivity index (χ3n) is 4.16. The van der Waals surface area contributed by atoms with Crippen molar-refractivity contribution in [3.8, 4) is 11.8 Å². The Morgan fingerprint density at radius 3 is 2.92 bits per heavy atom. The molecule has 5 nitrogen and oxygen atoms in total. The number of aryl methyl sites for hydroxylation is 1. The number of carbonyl (C=O) groups excluding carboxylic acids is 1. The molecule has 5 heteroatoms. The van der Waals surface area contributed by atoms with Gasteiger partial charge in [0.05, 0.1) is 7.11 Å². The van der Waals surface area contributed by atoms with Crippen LogP contribution in [0.2, 0.25) is 0 Å². The minimum absolute atomic E-state index is 0.0690. The van der Waals surface area contributed by atoms with Crippen molar-refractivity contribution in [3.05, 3.63) is 65.9 Å². The van der Waals surface area contributed by atoms with Crippen molar-refractivity contribution in [2.75, 3.05) is 23.9 Å². The van der Waals surface area contributed by atoms with Crippen LogP contribution < -0.4 is 15.0 Å². The van der Waals surface area contributed by atoms with Crippen LogP contribution in [0.15, 0.2) is 60.3 Å². The van der Waals surface area contributed by atoms with Gasteiger partial charge in [-0.05, 0) is 36.6 Å². The van der Waals surface area contributed by atoms with Crippen molar-refractivity contribution in [2.24, 2.45) is 0 Å². The summed E-state index contributed by atoms with van der Waals surface area (Å²) >= 11 is 0. The number of hydrogen-bond donors (Lipinski definition) is 1. The molecule has 0 spiro atoms. The molecule has 1 aliphatic heterocycles. The predicted molar refractivity (Wildman–Crippen MR) is 97.4 cm³/mol. The van der Waals surface area contributed by atoms with Crippen LogP contribution in [0.3, 0.4) is 0 Å². The second-order valence-corrected chi connectivity index (χ2v) is 5.74. The smallest absolute Gasteiger partial charge is 0.270 e. The number of nitrogens with zero attached hydrogens (tertiary/aromatic N) is 2. The van der Waals surface area contributed by atoms with E-state index in [0.717, 1.165) is 29.8 Å². The lowest BCUT2D eigenvalue weighted by molar-refractivity contribution is -0.114. The molecule has 0 saturated heterocycles. The van der Waals surface area contributed by atoms with Gasteiger partial charge in [0.1, 0.15) is 17.4 Å². The molecule has 25 heavy (non-hydrogen) atoms. The molecule has 126 valence electrons. The van der Waals surface area contributed by atoms with Gasteiger partial charge in [0, 0.05) is 30.2 Å². The van der Waals surface area contributed by atoms with Crippen LogP contribution in [-0.2, 0) is 11.2 Å². The molecule has 2 aromatic rings. The number of anilines is 2. The van der Waals surface area contributed by atoms with Gasteiger partial charge in [-0.2, -0.15) is 5.26 Å². The maximum absolute atomic E-state index is 12.8. The fourth-order valence-electron chi connectivity index (χ4n) is 2.90. The average molecular weight is 333 g/mol. The molecule has 1 heterocycles. The first-order valence-corrected chi connectivity index (χ1v) is 8.13. The molecule has 3 rings (SSSR count). The lowest BCUT2D eigenvalue weighted by Crippen LogP contribution is -2.36. The van der Waals surface area contributed by atoms with Gasteiger partial charge < -0.3 is 15.0 Å². The number of fused-ring (bicyclic) bond motifs is 1. The zero-order chi connectivity index (χ0) is 17.6. The van der Waals surface area contributed by atoms with Crippen LogP contribution in [-0.4, -0.2) is 19.6 Å². The molecular weight excluding hydrogens is 314 g/mol. The molecule has 1 N–H and O–H groups in total. The number of methoxy groups -OCH3 is 1. The maximum Gasteiger partial charge on any atom is 0.270 e. The monoisotopic (exact) mass is 333 g/mol. The molecule has 2 aromatic carbocycles. The molecule has 1 amide bonds. The summed E-state index contributed by atoms with van der Waals surface area (Å²) < 4.78 is 5.17. The van der Waals surface area contributed by atoms with Gasteiger partial charge in [-0.15, -0.1) is 0 Å². The summed E-state index contributed by atoms with van der Waals surface area (Å²) in [4.78, 5) is 14.5. The van der Waals surface area contributed by atoms with Gasteiger partial charge in [0.2, 0.25) is 0 Å². The highest BCUT2D eigenvalue weighted by Gasteiger charge is 2.24. The molecule has 0 bridgehead atoms. The second-order valence-electron chi connectivity index (χ2n) is 5.74. The zero-order valence-electron chi connectivity index (χ0n) is 14.0. The molecule has 1 aliphatic rings. The highest BCUT2D eigenvalue weighted by Crippen LogP contribution is 2.28. The predicted octanol–water partition coefficient (Wildman–Crippen LogP) is 3.49. The molecule has 0 unspecified atom stereocenters. The summed E-state index contributed by atoms with van der Waals surface area (Å²) in [6, 6.07) is 17.1. The minimum Gasteiger partial charge on any atom is -0.497 e. The second kappa shape index (κ2) is 7.54. The van der Waals surface area contributed by atoms with E-state index in [0.29, 0.717) is 12.3 Å². The lowest BCUT2D eigenvalue weighted by atomic mass is 10.0. The Labute approximate surface area is 147 Å². The van der Waals surface area contributed by atoms with E-state index in [4.69, 9.17) is 4.74 Å². The van der Waals surface area contributed by atoms with Crippen LogP contribution >= 0.6 is 0 Å². The number of nitriles is 1. The Bertz CT molecular complexity index is 852. The Morgan fingerprint density at radius 2 is 2.12 bits per heavy atom. The van der Waals surface area contributed by atoms with Crippen LogP contribution in [0.25, 0.3) is 0 Å². The fraction of sp³-hybridized carbons (Fsp3) is 0.200. The number of ether oxygens (including phenoxy) is 1. The van der Waals surface area contributed by atoms with E-state index in [2.05, 4.69) is 5.32 Å². The van der Waals surface area contributed by atoms with Crippen molar-refractivity contribution in [1.29, 1.82) is 5.26 Å². The summed E-state index contributed by atoms with van der Waals surface area (Å²) in [6.45, 7) is 0.619. The number of carbonyl (C=O) groups is 1. The van der Waals surface area contributed by atoms with E-state index in [9.17, 15) is 10.1 Å². The van der Waals surface area contributed by atoms with Crippen LogP contribution in [0.5, 0.6) is 5.75 Å². The van der Waals surface area contributed by atoms with Gasteiger partial charge in [0.25, 0.3) is 5.91 Å². The molecule has 0 atom stereocenters. The maximum atomic E-state index is 12.8. The van der Waals surface area contributed by atoms with Gasteiger partial charge in [-0.1, -0.05) is 24.3 Å². The van der Waals surface area contributed by atoms with Gasteiger partial charge in [-0.3, -0.25) is 4.79 Å². The summed E-state index contributed by atoms with van der Waals surface area (Å²) in [6.07, 6.45) is 3.30. The summed E-state index contributed by atoms with van der Waals surface area (Å²) in [5.74, 6) is 0.415. The van der Waals surface area contributed by atoms with E-state index in [1.165, 1.54) is 6.20 Å². The molecule has 0 radical (unpaired) electrons. The third-order valence-corrected chi connectivity index (χ3v) is 4.16. The van der Waals surface area contributed by atoms with E-state index >= 15 is 0 Å². The summed E-state index contributed by atoms with van der Waals surface area (Å²) in [5, 5.41) is 12.4. The van der Waals surface area contributed by atoms with Gasteiger partial charge >= 0.3 is 0 Å². The number of nitrogens with one attached hydrogen (secondary N) is 1. The SMILES string of the molecule is COc1cccc(N/C=C(/C#N)C(=O)N2CCCc3ccccc32)c1. The lowest BCUT2D eigenvalue weighted by Gasteiger charge is -2.29. The summed E-state index contributed by atoms with van der Waals surface area (Å²) in [7, 11) is 1.59. The highest BCUT2D eigenvalue weighted by atomic mass is 16.5. The van der Waals surface area contributed by atoms with Crippen molar-refractivity contribution >= 4 is 17.3 Å². The first-order valence-electron chi connectivity index (χ1n) is 8.13. The Balaban J connectivity index is 1.81. The van der Waals surface area contributed by atoms with Crippen molar-refractivity contribution in [3.63, 3.8) is 0 Å². The minimum atomic E-state index is -0.287. The van der Waals surface area contributed by atoms with Crippen molar-refractivity contribution < 1.29 is 9.53 Å². The largest absolute Gasteiger partial charge is 0.497 e. The third kappa shape index (κ3) is 3.64. The highest BCUT2D eigenvalue weighted by molar-refractivity contribution is 6.09. The number of benzene rings is 2. The molecule has 0 aliphatic carbocycles. The molecule has 0 aromatic heterocycles. The van der Waals surface area contributed by atoms with Crippen molar-refractivity contribution in [1.82, 2.24) is 0 Å². The molecular formula is C20H19N3O2. The van der Waals surface area contributed by atoms with E-state index in [1.54, 1.807) is 18.1 Å². The summed E-state index contributed by atoms with van der Waals surface area (Å²) in [5.41, 5.74) is 2.85. The number of amides is 1. The van der Waals surface area contributed by atoms with Crippen LogP contribution in [0, 0.1) is 11.3 Å². The first kappa shape index (κ1) is 16.6. The van der Waals surface area contributed by atoms with Gasteiger partial charge in [0.15, 0.2) is 0 Å². The van der Waals surface area contributed by atoms with Crippen LogP contribution in [0.1, 0.15) is 12.0 Å². The topological polar surface area (TPSA) is 65.4 Å². The Kier molecular flexibility index (Phi) is 5.00. The first-order chi connectivity index (χ1) is 12.2. The normalized spacial score (nSPS) is 13.6. The zero-order valence-corrected chi connectivity index (χ0v) is 14.0. The van der Waals surface area contributed by atoms with E-state index in [-0.39, 0.29) is 11.5 Å². The molecule has 0 saturated carbocycles. The fourth-order valence-corrected chi connectivity index (χ4v) is 2.90. The standard InChI is InChI=1S/C20H19N3O2/c1-25-18-9-4-8-17(12-18)22-14-16(13-21)20(24)23-11-5-7-15-6-2-3-10-19(15)23/h2-4,6,8-10,12,14,22H,5,7,11H2,1H3/b16-14-. The molecule has 0 fully saturated rings. The number of rotatable bonds is 4. The average Bonchev–Trinajstić information content (AvgIpc) is 2.68.